The average Bonchev–Trinajstić information content (AvgIpc) is 2.54. The molecule has 2 aromatic rings. The molecule has 0 N–H and O–H groups in total. The Kier molecular flexibility index (Phi) is 3.72. The van der Waals surface area contributed by atoms with E-state index in [9.17, 15) is 4.79 Å². The Labute approximate surface area is 119 Å². The molecule has 0 radical (unpaired) electrons. The van der Waals surface area contributed by atoms with E-state index in [2.05, 4.69) is 30.3 Å². The lowest BCUT2D eigenvalue weighted by atomic mass is 9.79. The molecule has 3 rings (SSSR count). The number of carbonyl (C=O) groups excluding carboxylic acids is 1. The summed E-state index contributed by atoms with van der Waals surface area (Å²) in [4.78, 5) is 10.8. The maximum atomic E-state index is 10.8. The van der Waals surface area contributed by atoms with Crippen LogP contribution in [0.15, 0.2) is 36.4 Å². The number of benzene rings is 2. The monoisotopic (exact) mass is 268 g/mol. The zero-order chi connectivity index (χ0) is 13.9. The van der Waals surface area contributed by atoms with Gasteiger partial charge in [0.15, 0.2) is 0 Å². The van der Waals surface area contributed by atoms with Gasteiger partial charge in [-0.2, -0.15) is 0 Å². The molecule has 0 aliphatic heterocycles. The number of fused-ring (bicyclic) bond motifs is 1. The second kappa shape index (κ2) is 5.66. The van der Waals surface area contributed by atoms with Crippen molar-refractivity contribution in [2.45, 2.75) is 31.6 Å². The molecule has 2 aromatic carbocycles. The van der Waals surface area contributed by atoms with Gasteiger partial charge in [0.25, 0.3) is 0 Å². The standard InChI is InChI=1S/C18H20O2/c1-20-18-9-8-16-10-15(6-7-17(16)11-18)14-4-2-13(12-19)3-5-14/h6-14H,2-5H2,1H3/t13-,14-. The summed E-state index contributed by atoms with van der Waals surface area (Å²) < 4.78 is 5.26. The molecule has 0 saturated heterocycles. The van der Waals surface area contributed by atoms with Crippen molar-refractivity contribution in [1.82, 2.24) is 0 Å². The predicted molar refractivity (Wildman–Crippen MR) is 81.3 cm³/mol. The lowest BCUT2D eigenvalue weighted by Gasteiger charge is -2.26. The predicted octanol–water partition coefficient (Wildman–Crippen LogP) is 4.32. The van der Waals surface area contributed by atoms with E-state index in [-0.39, 0.29) is 5.92 Å². The van der Waals surface area contributed by atoms with Crippen LogP contribution >= 0.6 is 0 Å². The lowest BCUT2D eigenvalue weighted by molar-refractivity contribution is -0.111. The zero-order valence-electron chi connectivity index (χ0n) is 11.8. The Hall–Kier alpha value is -1.83. The first-order valence-electron chi connectivity index (χ1n) is 7.33. The Morgan fingerprint density at radius 3 is 2.40 bits per heavy atom. The van der Waals surface area contributed by atoms with Crippen LogP contribution in [0.4, 0.5) is 0 Å². The highest BCUT2D eigenvalue weighted by atomic mass is 16.5. The number of aldehydes is 1. The maximum absolute atomic E-state index is 10.8. The SMILES string of the molecule is COc1ccc2cc([C@H]3CC[C@H](C=O)CC3)ccc2c1. The van der Waals surface area contributed by atoms with Crippen LogP contribution in [0.2, 0.25) is 0 Å². The van der Waals surface area contributed by atoms with E-state index in [0.29, 0.717) is 5.92 Å². The summed E-state index contributed by atoms with van der Waals surface area (Å²) in [5.41, 5.74) is 1.41. The molecule has 1 fully saturated rings. The summed E-state index contributed by atoms with van der Waals surface area (Å²) in [7, 11) is 1.70. The number of hydrogen-bond donors (Lipinski definition) is 0. The summed E-state index contributed by atoms with van der Waals surface area (Å²) in [5.74, 6) is 1.80. The molecular formula is C18H20O2. The fourth-order valence-corrected chi connectivity index (χ4v) is 3.21. The van der Waals surface area contributed by atoms with Gasteiger partial charge in [0.1, 0.15) is 12.0 Å². The van der Waals surface area contributed by atoms with Gasteiger partial charge in [-0.25, -0.2) is 0 Å². The van der Waals surface area contributed by atoms with Crippen LogP contribution in [0.3, 0.4) is 0 Å². The van der Waals surface area contributed by atoms with Crippen LogP contribution in [0.1, 0.15) is 37.2 Å². The number of ether oxygens (including phenoxy) is 1. The topological polar surface area (TPSA) is 26.3 Å². The van der Waals surface area contributed by atoms with Gasteiger partial charge < -0.3 is 9.53 Å². The van der Waals surface area contributed by atoms with Crippen molar-refractivity contribution >= 4 is 17.1 Å². The van der Waals surface area contributed by atoms with E-state index in [1.165, 1.54) is 16.3 Å². The molecule has 20 heavy (non-hydrogen) atoms. The van der Waals surface area contributed by atoms with Crippen molar-refractivity contribution in [2.24, 2.45) is 5.92 Å². The van der Waals surface area contributed by atoms with Crippen LogP contribution in [-0.4, -0.2) is 13.4 Å². The molecule has 1 aliphatic carbocycles. The molecule has 0 bridgehead atoms. The third-order valence-electron chi connectivity index (χ3n) is 4.51. The highest BCUT2D eigenvalue weighted by Crippen LogP contribution is 2.36. The van der Waals surface area contributed by atoms with E-state index in [4.69, 9.17) is 4.74 Å². The molecule has 2 nitrogen and oxygen atoms in total. The van der Waals surface area contributed by atoms with Crippen LogP contribution in [0.5, 0.6) is 5.75 Å². The summed E-state index contributed by atoms with van der Waals surface area (Å²) in [6.07, 6.45) is 5.46. The van der Waals surface area contributed by atoms with Gasteiger partial charge in [-0.15, -0.1) is 0 Å². The third-order valence-corrected chi connectivity index (χ3v) is 4.51. The Bertz CT molecular complexity index is 610. The van der Waals surface area contributed by atoms with E-state index >= 15 is 0 Å². The van der Waals surface area contributed by atoms with Gasteiger partial charge in [0.2, 0.25) is 0 Å². The average molecular weight is 268 g/mol. The van der Waals surface area contributed by atoms with Crippen molar-refractivity contribution in [2.75, 3.05) is 7.11 Å². The largest absolute Gasteiger partial charge is 0.497 e. The molecule has 0 atom stereocenters. The van der Waals surface area contributed by atoms with Crippen LogP contribution in [0.25, 0.3) is 10.8 Å². The first-order chi connectivity index (χ1) is 9.80. The van der Waals surface area contributed by atoms with Gasteiger partial charge in [-0.3, -0.25) is 0 Å². The highest BCUT2D eigenvalue weighted by molar-refractivity contribution is 5.84. The van der Waals surface area contributed by atoms with Crippen molar-refractivity contribution in [1.29, 1.82) is 0 Å². The van der Waals surface area contributed by atoms with Gasteiger partial charge in [-0.05, 0) is 60.1 Å². The quantitative estimate of drug-likeness (QED) is 0.775. The summed E-state index contributed by atoms with van der Waals surface area (Å²) in [6.45, 7) is 0. The van der Waals surface area contributed by atoms with Gasteiger partial charge in [0.05, 0.1) is 7.11 Å². The van der Waals surface area contributed by atoms with Crippen molar-refractivity contribution in [3.63, 3.8) is 0 Å². The Morgan fingerprint density at radius 2 is 1.70 bits per heavy atom. The van der Waals surface area contributed by atoms with E-state index < -0.39 is 0 Å². The molecule has 1 aliphatic rings. The van der Waals surface area contributed by atoms with E-state index in [1.54, 1.807) is 7.11 Å². The van der Waals surface area contributed by atoms with Gasteiger partial charge in [-0.1, -0.05) is 24.3 Å². The minimum absolute atomic E-state index is 0.288. The van der Waals surface area contributed by atoms with Crippen LogP contribution < -0.4 is 4.74 Å². The van der Waals surface area contributed by atoms with E-state index in [1.807, 2.05) is 6.07 Å². The number of methoxy groups -OCH3 is 1. The minimum Gasteiger partial charge on any atom is -0.497 e. The number of rotatable bonds is 3. The van der Waals surface area contributed by atoms with Gasteiger partial charge >= 0.3 is 0 Å². The highest BCUT2D eigenvalue weighted by Gasteiger charge is 2.21. The normalized spacial score (nSPS) is 22.6. The molecule has 0 amide bonds. The fourth-order valence-electron chi connectivity index (χ4n) is 3.21. The second-order valence-corrected chi connectivity index (χ2v) is 5.72. The number of hydrogen-bond acceptors (Lipinski definition) is 2. The molecule has 2 heteroatoms. The van der Waals surface area contributed by atoms with Crippen molar-refractivity contribution in [3.05, 3.63) is 42.0 Å². The molecule has 0 aromatic heterocycles. The molecule has 0 heterocycles. The second-order valence-electron chi connectivity index (χ2n) is 5.72. The van der Waals surface area contributed by atoms with Crippen LogP contribution in [-0.2, 0) is 4.79 Å². The zero-order valence-corrected chi connectivity index (χ0v) is 11.8. The van der Waals surface area contributed by atoms with Gasteiger partial charge in [0, 0.05) is 5.92 Å². The van der Waals surface area contributed by atoms with Crippen molar-refractivity contribution in [3.8, 4) is 5.75 Å². The molecular weight excluding hydrogens is 248 g/mol. The minimum atomic E-state index is 0.288. The molecule has 1 saturated carbocycles. The van der Waals surface area contributed by atoms with E-state index in [0.717, 1.165) is 37.7 Å². The fraction of sp³-hybridized carbons (Fsp3) is 0.389. The molecule has 0 spiro atoms. The maximum Gasteiger partial charge on any atom is 0.123 e. The smallest absolute Gasteiger partial charge is 0.123 e. The first-order valence-corrected chi connectivity index (χ1v) is 7.33. The lowest BCUT2D eigenvalue weighted by Crippen LogP contribution is -2.14. The summed E-state index contributed by atoms with van der Waals surface area (Å²) in [5, 5.41) is 2.48. The Balaban J connectivity index is 1.84. The third kappa shape index (κ3) is 2.55. The summed E-state index contributed by atoms with van der Waals surface area (Å²) in [6, 6.07) is 12.9. The van der Waals surface area contributed by atoms with Crippen LogP contribution in [0, 0.1) is 5.92 Å². The van der Waals surface area contributed by atoms with Crippen molar-refractivity contribution < 1.29 is 9.53 Å². The molecule has 104 valence electrons. The Morgan fingerprint density at radius 1 is 1.00 bits per heavy atom. The first kappa shape index (κ1) is 13.2. The number of carbonyl (C=O) groups is 1. The summed E-state index contributed by atoms with van der Waals surface area (Å²) >= 11 is 0. The molecule has 0 unspecified atom stereocenters.